The third kappa shape index (κ3) is 7.63. The summed E-state index contributed by atoms with van der Waals surface area (Å²) in [5.74, 6) is -1.01. The van der Waals surface area contributed by atoms with E-state index in [2.05, 4.69) is 25.2 Å². The predicted molar refractivity (Wildman–Crippen MR) is 127 cm³/mol. The van der Waals surface area contributed by atoms with Crippen LogP contribution in [0.4, 0.5) is 11.4 Å². The van der Waals surface area contributed by atoms with Gasteiger partial charge in [-0.3, -0.25) is 4.55 Å². The summed E-state index contributed by atoms with van der Waals surface area (Å²) in [7, 11) is -8.76. The van der Waals surface area contributed by atoms with Gasteiger partial charge in [0.05, 0.1) is 23.4 Å². The van der Waals surface area contributed by atoms with Gasteiger partial charge in [-0.15, -0.1) is 5.11 Å². The minimum absolute atomic E-state index is 0. The first-order chi connectivity index (χ1) is 17.3. The molecule has 0 unspecified atom stereocenters. The van der Waals surface area contributed by atoms with Gasteiger partial charge in [0, 0.05) is 5.56 Å². The smallest absolute Gasteiger partial charge is 0.870 e. The second-order valence-corrected chi connectivity index (χ2v) is 10.6. The van der Waals surface area contributed by atoms with Crippen LogP contribution in [0.3, 0.4) is 0 Å². The number of aromatic nitrogens is 3. The molecule has 0 aliphatic carbocycles. The van der Waals surface area contributed by atoms with Crippen LogP contribution in [0.1, 0.15) is 0 Å². The Morgan fingerprint density at radius 1 is 0.923 bits per heavy atom. The van der Waals surface area contributed by atoms with E-state index in [0.29, 0.717) is 5.75 Å². The zero-order valence-corrected chi connectivity index (χ0v) is 27.3. The summed E-state index contributed by atoms with van der Waals surface area (Å²) < 4.78 is 74.4. The van der Waals surface area contributed by atoms with Gasteiger partial charge in [0.15, 0.2) is 5.82 Å². The molecule has 1 N–H and O–H groups in total. The first-order valence-electron chi connectivity index (χ1n) is 9.66. The molecule has 0 spiro atoms. The molecule has 192 valence electrons. The fourth-order valence-corrected chi connectivity index (χ4v) is 4.81. The van der Waals surface area contributed by atoms with Crippen molar-refractivity contribution in [3.63, 3.8) is 0 Å². The molecule has 0 saturated heterocycles. The molecule has 0 aliphatic heterocycles. The molecule has 0 fully saturated rings. The number of hydrogen-bond donors (Lipinski definition) is 1. The fourth-order valence-electron chi connectivity index (χ4n) is 3.26. The molecular formula is C20H11Cl2N5Na2O8S2. The van der Waals surface area contributed by atoms with Crippen LogP contribution in [-0.4, -0.2) is 48.0 Å². The third-order valence-corrected chi connectivity index (χ3v) is 6.85. The van der Waals surface area contributed by atoms with Gasteiger partial charge in [0.2, 0.25) is 10.6 Å². The molecule has 1 aromatic heterocycles. The van der Waals surface area contributed by atoms with E-state index in [1.165, 1.54) is 31.4 Å². The average Bonchev–Trinajstić information content (AvgIpc) is 2.81. The van der Waals surface area contributed by atoms with E-state index < -0.39 is 57.9 Å². The fraction of sp³-hybridized carbons (Fsp3) is 0.0500. The van der Waals surface area contributed by atoms with Gasteiger partial charge in [0.1, 0.15) is 20.8 Å². The first kappa shape index (κ1) is 33.7. The number of rotatable bonds is 6. The quantitative estimate of drug-likeness (QED) is 0.136. The van der Waals surface area contributed by atoms with Crippen molar-refractivity contribution in [1.29, 1.82) is 0 Å². The molecule has 0 atom stereocenters. The largest absolute Gasteiger partial charge is 1.00 e. The molecule has 39 heavy (non-hydrogen) atoms. The third-order valence-electron chi connectivity index (χ3n) is 4.83. The molecule has 4 rings (SSSR count). The molecule has 13 nitrogen and oxygen atoms in total. The second kappa shape index (κ2) is 13.0. The summed E-state index contributed by atoms with van der Waals surface area (Å²) in [6.07, 6.45) is 0. The van der Waals surface area contributed by atoms with E-state index >= 15 is 0 Å². The Labute approximate surface area is 275 Å². The van der Waals surface area contributed by atoms with E-state index in [1.54, 1.807) is 0 Å². The van der Waals surface area contributed by atoms with Crippen LogP contribution in [0.15, 0.2) is 62.5 Å². The maximum Gasteiger partial charge on any atom is 1.00 e. The zero-order valence-electron chi connectivity index (χ0n) is 20.2. The van der Waals surface area contributed by atoms with Gasteiger partial charge in [-0.1, -0.05) is 5.75 Å². The van der Waals surface area contributed by atoms with E-state index in [4.69, 9.17) is 27.9 Å². The first-order valence-corrected chi connectivity index (χ1v) is 13.3. The minimum Gasteiger partial charge on any atom is -0.870 e. The van der Waals surface area contributed by atoms with Crippen LogP contribution >= 0.6 is 23.2 Å². The molecule has 4 aromatic rings. The van der Waals surface area contributed by atoms with Crippen LogP contribution in [0.5, 0.6) is 11.5 Å². The predicted octanol–water partition coefficient (Wildman–Crippen LogP) is -2.34. The summed E-state index contributed by atoms with van der Waals surface area (Å²) in [4.78, 5) is 9.37. The number of ether oxygens (including phenoxy) is 1. The van der Waals surface area contributed by atoms with Crippen molar-refractivity contribution in [2.75, 3.05) is 7.11 Å². The second-order valence-electron chi connectivity index (χ2n) is 7.15. The maximum atomic E-state index is 13.5. The molecule has 0 aliphatic rings. The van der Waals surface area contributed by atoms with Crippen molar-refractivity contribution in [3.05, 3.63) is 53.0 Å². The van der Waals surface area contributed by atoms with Crippen molar-refractivity contribution in [1.82, 2.24) is 15.0 Å². The summed E-state index contributed by atoms with van der Waals surface area (Å²) >= 11 is 11.6. The van der Waals surface area contributed by atoms with Crippen molar-refractivity contribution in [2.45, 2.75) is 9.79 Å². The van der Waals surface area contributed by atoms with Crippen molar-refractivity contribution in [2.24, 2.45) is 10.2 Å². The molecule has 0 bridgehead atoms. The van der Waals surface area contributed by atoms with Gasteiger partial charge in [-0.2, -0.15) is 28.5 Å². The molecule has 0 amide bonds. The normalized spacial score (nSPS) is 11.7. The van der Waals surface area contributed by atoms with Crippen molar-refractivity contribution >= 4 is 65.6 Å². The van der Waals surface area contributed by atoms with Crippen LogP contribution in [-0.2, 0) is 20.2 Å². The summed E-state index contributed by atoms with van der Waals surface area (Å²) in [6, 6.07) is 8.31. The standard InChI is InChI=1S/C20H13Cl2N5O8S2.2Na/c1-35-11-4-2-10(3-5-11)26-27-16-14(37(32,33)34)7-9-6-12(36(29,30)31)8-13(15(9)17(16)28)18-23-19(21)25-20(22)24-18;;/h2-8,28H,1H3,(H,29,30,31)(H,32,33,34);;/q;2*+1/p-2. The Bertz CT molecular complexity index is 1790. The van der Waals surface area contributed by atoms with Gasteiger partial charge < -0.3 is 14.4 Å². The molecule has 3 aromatic carbocycles. The number of nitrogens with zero attached hydrogens (tertiary/aromatic N) is 5. The van der Waals surface area contributed by atoms with E-state index in [9.17, 15) is 31.0 Å². The van der Waals surface area contributed by atoms with Gasteiger partial charge in [-0.05, 0) is 76.4 Å². The van der Waals surface area contributed by atoms with Crippen molar-refractivity contribution in [3.8, 4) is 22.9 Å². The van der Waals surface area contributed by atoms with E-state index in [1.807, 2.05) is 0 Å². The minimum atomic E-state index is -5.12. The van der Waals surface area contributed by atoms with Crippen LogP contribution < -0.4 is 69.0 Å². The molecule has 19 heteroatoms. The number of hydrogen-bond acceptors (Lipinski definition) is 12. The number of fused-ring (bicyclic) bond motifs is 1. The van der Waals surface area contributed by atoms with Crippen molar-refractivity contribution < 1.29 is 94.9 Å². The van der Waals surface area contributed by atoms with Gasteiger partial charge >= 0.3 is 59.1 Å². The van der Waals surface area contributed by atoms with Gasteiger partial charge in [-0.25, -0.2) is 8.42 Å². The Kier molecular flexibility index (Phi) is 11.3. The maximum absolute atomic E-state index is 13.5. The van der Waals surface area contributed by atoms with E-state index in [0.717, 1.165) is 18.2 Å². The van der Waals surface area contributed by atoms with Crippen LogP contribution in [0, 0.1) is 0 Å². The Morgan fingerprint density at radius 2 is 1.51 bits per heavy atom. The summed E-state index contributed by atoms with van der Waals surface area (Å²) in [5.41, 5.74) is -0.951. The molecule has 0 saturated carbocycles. The average molecular weight is 630 g/mol. The molecule has 1 heterocycles. The van der Waals surface area contributed by atoms with Gasteiger partial charge in [0.25, 0.3) is 10.1 Å². The van der Waals surface area contributed by atoms with Crippen LogP contribution in [0.25, 0.3) is 22.2 Å². The molecule has 0 radical (unpaired) electrons. The number of halogens is 2. The number of benzene rings is 3. The topological polar surface area (TPSA) is 207 Å². The Balaban J connectivity index is 0.00000267. The molecular weight excluding hydrogens is 619 g/mol. The van der Waals surface area contributed by atoms with E-state index in [-0.39, 0.29) is 81.1 Å². The Hall–Kier alpha value is -1.47. The zero-order chi connectivity index (χ0) is 27.1. The van der Waals surface area contributed by atoms with Crippen LogP contribution in [0.2, 0.25) is 10.6 Å². The monoisotopic (exact) mass is 629 g/mol. The SMILES string of the molecule is COc1ccc(N=Nc2c(S(=O)(=O)O)cc3cc(S(=O)(=O)[O-])cc(-c4nc(Cl)nc(Cl)n4)c3c2[O-])cc1.[Na+].[Na+]. The Morgan fingerprint density at radius 3 is 2.03 bits per heavy atom. The number of azo groups is 1. The number of methoxy groups -OCH3 is 1. The summed E-state index contributed by atoms with van der Waals surface area (Å²) in [5, 5.41) is 19.6. The summed E-state index contributed by atoms with van der Waals surface area (Å²) in [6.45, 7) is 0.